The molecule has 2 rings (SSSR count). The summed E-state index contributed by atoms with van der Waals surface area (Å²) < 4.78 is 6.15. The molecule has 0 atom stereocenters. The van der Waals surface area contributed by atoms with Gasteiger partial charge in [0.2, 0.25) is 0 Å². The summed E-state index contributed by atoms with van der Waals surface area (Å²) in [6.07, 6.45) is 26.4. The van der Waals surface area contributed by atoms with E-state index >= 15 is 0 Å². The summed E-state index contributed by atoms with van der Waals surface area (Å²) in [5, 5.41) is 0. The summed E-state index contributed by atoms with van der Waals surface area (Å²) in [4.78, 5) is 0. The molecule has 0 radical (unpaired) electrons. The van der Waals surface area contributed by atoms with Gasteiger partial charge in [0.15, 0.2) is 0 Å². The van der Waals surface area contributed by atoms with Crippen molar-refractivity contribution in [2.75, 3.05) is 6.61 Å². The summed E-state index contributed by atoms with van der Waals surface area (Å²) in [6.45, 7) is 5.61. The molecule has 0 unspecified atom stereocenters. The summed E-state index contributed by atoms with van der Waals surface area (Å²) in [5.41, 5.74) is 0. The summed E-state index contributed by atoms with van der Waals surface area (Å²) >= 11 is 0. The van der Waals surface area contributed by atoms with Crippen LogP contribution in [0.15, 0.2) is 0 Å². The molecular weight excluding hydrogens is 316 g/mol. The molecule has 1 nitrogen and oxygen atoms in total. The molecule has 2 saturated carbocycles. The molecule has 0 N–H and O–H groups in total. The van der Waals surface area contributed by atoms with Crippen molar-refractivity contribution in [1.29, 1.82) is 0 Å². The van der Waals surface area contributed by atoms with Gasteiger partial charge in [-0.1, -0.05) is 84.5 Å². The average molecular weight is 365 g/mol. The Kier molecular flexibility index (Phi) is 12.0. The first-order chi connectivity index (χ1) is 12.8. The first kappa shape index (κ1) is 22.3. The minimum Gasteiger partial charge on any atom is -0.378 e. The largest absolute Gasteiger partial charge is 0.378 e. The van der Waals surface area contributed by atoms with Gasteiger partial charge in [-0.2, -0.15) is 0 Å². The average Bonchev–Trinajstić information content (AvgIpc) is 2.69. The Bertz CT molecular complexity index is 278. The van der Waals surface area contributed by atoms with E-state index in [4.69, 9.17) is 4.74 Å². The highest BCUT2D eigenvalue weighted by atomic mass is 16.5. The Morgan fingerprint density at radius 3 is 1.73 bits per heavy atom. The monoisotopic (exact) mass is 364 g/mol. The van der Waals surface area contributed by atoms with Crippen LogP contribution in [0.1, 0.15) is 129 Å². The molecule has 2 aliphatic carbocycles. The van der Waals surface area contributed by atoms with Crippen LogP contribution in [0, 0.1) is 17.8 Å². The molecule has 0 aromatic carbocycles. The summed E-state index contributed by atoms with van der Waals surface area (Å²) in [5.74, 6) is 3.15. The predicted octanol–water partition coefficient (Wildman–Crippen LogP) is 8.31. The van der Waals surface area contributed by atoms with Gasteiger partial charge < -0.3 is 4.74 Å². The second kappa shape index (κ2) is 14.0. The van der Waals surface area contributed by atoms with Crippen LogP contribution in [0.5, 0.6) is 0 Å². The minimum atomic E-state index is 0.590. The van der Waals surface area contributed by atoms with Crippen molar-refractivity contribution in [3.8, 4) is 0 Å². The number of unbranched alkanes of at least 4 members (excludes halogenated alkanes) is 7. The van der Waals surface area contributed by atoms with Crippen LogP contribution in [-0.4, -0.2) is 12.7 Å². The molecule has 154 valence electrons. The number of hydrogen-bond donors (Lipinski definition) is 0. The van der Waals surface area contributed by atoms with Gasteiger partial charge >= 0.3 is 0 Å². The molecule has 2 aliphatic rings. The SMILES string of the molecule is CCCCCCCC1CCC([C@H]2CC[C@H](OCCCCCC)CC2)CC1. The second-order valence-corrected chi connectivity index (χ2v) is 9.45. The third kappa shape index (κ3) is 8.77. The van der Waals surface area contributed by atoms with Crippen LogP contribution in [0.4, 0.5) is 0 Å². The quantitative estimate of drug-likeness (QED) is 0.298. The number of ether oxygens (including phenoxy) is 1. The van der Waals surface area contributed by atoms with E-state index in [9.17, 15) is 0 Å². The lowest BCUT2D eigenvalue weighted by molar-refractivity contribution is 0.00529. The molecule has 0 bridgehead atoms. The first-order valence-corrected chi connectivity index (χ1v) is 12.4. The van der Waals surface area contributed by atoms with Crippen LogP contribution in [0.25, 0.3) is 0 Å². The number of rotatable bonds is 13. The fourth-order valence-electron chi connectivity index (χ4n) is 5.49. The molecule has 0 aromatic heterocycles. The van der Waals surface area contributed by atoms with Gasteiger partial charge in [0.25, 0.3) is 0 Å². The van der Waals surface area contributed by atoms with Gasteiger partial charge in [-0.3, -0.25) is 0 Å². The standard InChI is InChI=1S/C25H48O/c1-3-5-7-9-10-12-22-13-15-23(16-14-22)24-17-19-25(20-18-24)26-21-11-8-6-4-2/h22-25H,3-21H2,1-2H3/t22?,23?,24-,25-. The molecule has 0 aliphatic heterocycles. The zero-order chi connectivity index (χ0) is 18.5. The van der Waals surface area contributed by atoms with Gasteiger partial charge in [-0.15, -0.1) is 0 Å². The highest BCUT2D eigenvalue weighted by molar-refractivity contribution is 4.82. The van der Waals surface area contributed by atoms with E-state index in [2.05, 4.69) is 13.8 Å². The molecular formula is C25H48O. The highest BCUT2D eigenvalue weighted by Gasteiger charge is 2.30. The van der Waals surface area contributed by atoms with Gasteiger partial charge in [-0.25, -0.2) is 0 Å². The summed E-state index contributed by atoms with van der Waals surface area (Å²) in [6, 6.07) is 0. The van der Waals surface area contributed by atoms with Crippen molar-refractivity contribution in [1.82, 2.24) is 0 Å². The van der Waals surface area contributed by atoms with E-state index in [1.807, 2.05) is 0 Å². The van der Waals surface area contributed by atoms with E-state index in [0.29, 0.717) is 6.10 Å². The Labute approximate surface area is 165 Å². The van der Waals surface area contributed by atoms with Crippen LogP contribution in [-0.2, 0) is 4.74 Å². The predicted molar refractivity (Wildman–Crippen MR) is 115 cm³/mol. The Hall–Kier alpha value is -0.0400. The van der Waals surface area contributed by atoms with Gasteiger partial charge in [0, 0.05) is 6.61 Å². The van der Waals surface area contributed by atoms with E-state index in [1.54, 1.807) is 0 Å². The first-order valence-electron chi connectivity index (χ1n) is 12.4. The van der Waals surface area contributed by atoms with Crippen LogP contribution >= 0.6 is 0 Å². The second-order valence-electron chi connectivity index (χ2n) is 9.45. The maximum Gasteiger partial charge on any atom is 0.0575 e. The zero-order valence-corrected chi connectivity index (χ0v) is 18.2. The maximum absolute atomic E-state index is 6.15. The molecule has 0 saturated heterocycles. The zero-order valence-electron chi connectivity index (χ0n) is 18.2. The lowest BCUT2D eigenvalue weighted by atomic mass is 9.70. The topological polar surface area (TPSA) is 9.23 Å². The third-order valence-electron chi connectivity index (χ3n) is 7.34. The normalized spacial score (nSPS) is 29.8. The molecule has 26 heavy (non-hydrogen) atoms. The van der Waals surface area contributed by atoms with Crippen molar-refractivity contribution in [3.05, 3.63) is 0 Å². The highest BCUT2D eigenvalue weighted by Crippen LogP contribution is 2.41. The summed E-state index contributed by atoms with van der Waals surface area (Å²) in [7, 11) is 0. The van der Waals surface area contributed by atoms with Crippen molar-refractivity contribution >= 4 is 0 Å². The Balaban J connectivity index is 1.50. The lowest BCUT2D eigenvalue weighted by Crippen LogP contribution is -2.28. The molecule has 2 fully saturated rings. The molecule has 0 aromatic rings. The van der Waals surface area contributed by atoms with Gasteiger partial charge in [-0.05, 0) is 62.7 Å². The van der Waals surface area contributed by atoms with Crippen LogP contribution in [0.2, 0.25) is 0 Å². The van der Waals surface area contributed by atoms with E-state index < -0.39 is 0 Å². The number of hydrogen-bond acceptors (Lipinski definition) is 1. The van der Waals surface area contributed by atoms with Crippen LogP contribution < -0.4 is 0 Å². The van der Waals surface area contributed by atoms with Crippen LogP contribution in [0.3, 0.4) is 0 Å². The van der Waals surface area contributed by atoms with Crippen molar-refractivity contribution < 1.29 is 4.74 Å². The lowest BCUT2D eigenvalue weighted by Gasteiger charge is -2.38. The van der Waals surface area contributed by atoms with Gasteiger partial charge in [0.1, 0.15) is 0 Å². The Morgan fingerprint density at radius 2 is 1.12 bits per heavy atom. The minimum absolute atomic E-state index is 0.590. The third-order valence-corrected chi connectivity index (χ3v) is 7.34. The molecule has 0 heterocycles. The molecule has 1 heteroatoms. The molecule has 0 spiro atoms. The van der Waals surface area contributed by atoms with E-state index in [1.165, 1.54) is 116 Å². The molecule has 0 amide bonds. The van der Waals surface area contributed by atoms with Crippen molar-refractivity contribution in [2.45, 2.75) is 136 Å². The van der Waals surface area contributed by atoms with Crippen molar-refractivity contribution in [2.24, 2.45) is 17.8 Å². The van der Waals surface area contributed by atoms with Gasteiger partial charge in [0.05, 0.1) is 6.10 Å². The fraction of sp³-hybridized carbons (Fsp3) is 1.00. The van der Waals surface area contributed by atoms with E-state index in [-0.39, 0.29) is 0 Å². The van der Waals surface area contributed by atoms with Crippen molar-refractivity contribution in [3.63, 3.8) is 0 Å². The fourth-order valence-corrected chi connectivity index (χ4v) is 5.49. The Morgan fingerprint density at radius 1 is 0.577 bits per heavy atom. The smallest absolute Gasteiger partial charge is 0.0575 e. The maximum atomic E-state index is 6.15. The van der Waals surface area contributed by atoms with E-state index in [0.717, 1.165) is 24.4 Å².